The number of carbonyl (C=O) groups excluding carboxylic acids is 1. The van der Waals surface area contributed by atoms with Gasteiger partial charge in [0.25, 0.3) is 0 Å². The number of rotatable bonds is 4. The van der Waals surface area contributed by atoms with E-state index in [0.29, 0.717) is 0 Å². The molecule has 3 unspecified atom stereocenters. The number of amidine groups is 3. The van der Waals surface area contributed by atoms with Crippen LogP contribution in [0.3, 0.4) is 0 Å². The minimum atomic E-state index is -5.17. The summed E-state index contributed by atoms with van der Waals surface area (Å²) in [5.74, 6) is 2.55. The Morgan fingerprint density at radius 3 is 1.13 bits per heavy atom. The molecule has 3 atom stereocenters. The highest BCUT2D eigenvalue weighted by Crippen LogP contribution is 1.94. The van der Waals surface area contributed by atoms with Gasteiger partial charge in [-0.2, -0.15) is 0 Å². The van der Waals surface area contributed by atoms with E-state index in [1.165, 1.54) is 44.3 Å². The topological polar surface area (TPSA) is 171 Å². The monoisotopic (exact) mass is 550 g/mol. The van der Waals surface area contributed by atoms with Gasteiger partial charge in [0.2, 0.25) is 17.5 Å². The van der Waals surface area contributed by atoms with E-state index in [1.54, 1.807) is 18.2 Å². The maximum atomic E-state index is 10.1. The number of hydrogen-bond acceptors (Lipinski definition) is 9. The molecule has 0 amide bonds. The Morgan fingerprint density at radius 2 is 1.00 bits per heavy atom. The summed E-state index contributed by atoms with van der Waals surface area (Å²) in [6, 6.07) is 8.06. The number of aliphatic imine (C=N–C) groups is 3. The maximum Gasteiger partial charge on any atom is 0.205 e. The minimum Gasteiger partial charge on any atom is -0.759 e. The van der Waals surface area contributed by atoms with E-state index in [2.05, 4.69) is 56.9 Å². The van der Waals surface area contributed by atoms with Gasteiger partial charge >= 0.3 is 0 Å². The molecule has 0 spiro atoms. The number of carboxylic acids is 1. The second-order valence-corrected chi connectivity index (χ2v) is 8.66. The molecule has 210 valence electrons. The van der Waals surface area contributed by atoms with Crippen molar-refractivity contribution in [3.05, 3.63) is 73.1 Å². The lowest BCUT2D eigenvalue weighted by Crippen LogP contribution is -3.06. The zero-order chi connectivity index (χ0) is 29.1. The number of nitrogens with zero attached hydrogens (tertiary/aromatic N) is 3. The van der Waals surface area contributed by atoms with Crippen LogP contribution in [0.5, 0.6) is 0 Å². The third-order valence-electron chi connectivity index (χ3n) is 5.04. The Morgan fingerprint density at radius 1 is 0.711 bits per heavy atom. The van der Waals surface area contributed by atoms with E-state index in [9.17, 15) is 9.90 Å². The van der Waals surface area contributed by atoms with Crippen LogP contribution in [0.25, 0.3) is 0 Å². The van der Waals surface area contributed by atoms with Gasteiger partial charge in [-0.15, -0.1) is 0 Å². The fourth-order valence-electron chi connectivity index (χ4n) is 3.00. The second kappa shape index (κ2) is 18.8. The molecule has 0 radical (unpaired) electrons. The molecule has 4 rings (SSSR count). The molecule has 1 aromatic carbocycles. The van der Waals surface area contributed by atoms with E-state index in [4.69, 9.17) is 17.5 Å². The van der Waals surface area contributed by atoms with Crippen molar-refractivity contribution in [2.75, 3.05) is 21.1 Å². The number of carboxylic acid groups (broad SMARTS) is 1. The SMILES string of the molecule is CCC1=NC=C[NH+]1C.CCC1=NC=C[NH+]1C.CCC1=NC=C[NH+]1C.O=C([O-])c1ccccc1.O=S(=O)([O-])[O-]. The van der Waals surface area contributed by atoms with Gasteiger partial charge in [0.1, 0.15) is 18.6 Å². The predicted molar refractivity (Wildman–Crippen MR) is 143 cm³/mol. The maximum absolute atomic E-state index is 10.1. The van der Waals surface area contributed by atoms with Gasteiger partial charge in [-0.05, 0) is 5.56 Å². The fraction of sp³-hybridized carbons (Fsp3) is 0.360. The Bertz CT molecular complexity index is 1060. The summed E-state index contributed by atoms with van der Waals surface area (Å²) in [5, 5.41) is 10.1. The predicted octanol–water partition coefficient (Wildman–Crippen LogP) is -1.90. The molecule has 3 N–H and O–H groups in total. The summed E-state index contributed by atoms with van der Waals surface area (Å²) in [6.45, 7) is 6.36. The average Bonchev–Trinajstić information content (AvgIpc) is 3.60. The number of nitrogens with one attached hydrogen (secondary N) is 3. The van der Waals surface area contributed by atoms with Crippen molar-refractivity contribution in [3.63, 3.8) is 0 Å². The van der Waals surface area contributed by atoms with Crippen LogP contribution in [-0.2, 0) is 10.4 Å². The first-order valence-electron chi connectivity index (χ1n) is 12.0. The van der Waals surface area contributed by atoms with Crippen molar-refractivity contribution in [1.29, 1.82) is 0 Å². The first kappa shape index (κ1) is 34.7. The Labute approximate surface area is 225 Å². The zero-order valence-corrected chi connectivity index (χ0v) is 23.5. The van der Waals surface area contributed by atoms with Crippen LogP contribution in [0.1, 0.15) is 50.4 Å². The van der Waals surface area contributed by atoms with Crippen LogP contribution in [0, 0.1) is 0 Å². The standard InChI is InChI=1S/C7H6O2.3C6H10N2.H2O4S/c8-7(9)6-4-2-1-3-5-6;3*1-3-6-7-4-5-8(6)2;1-5(2,3)4/h1-5H,(H,8,9);3*4-5H,3H2,1-2H3;(H2,1,2,3,4). The molecular weight excluding hydrogens is 512 g/mol. The van der Waals surface area contributed by atoms with Crippen molar-refractivity contribution in [1.82, 2.24) is 0 Å². The molecule has 0 aliphatic carbocycles. The molecular formula is C25H38N6O6S. The minimum absolute atomic E-state index is 0.220. The van der Waals surface area contributed by atoms with Crippen molar-refractivity contribution in [3.8, 4) is 0 Å². The summed E-state index contributed by atoms with van der Waals surface area (Å²) >= 11 is 0. The molecule has 0 fully saturated rings. The summed E-state index contributed by atoms with van der Waals surface area (Å²) in [5.41, 5.74) is 0.220. The summed E-state index contributed by atoms with van der Waals surface area (Å²) in [7, 11) is 1.10. The van der Waals surface area contributed by atoms with Gasteiger partial charge in [-0.1, -0.05) is 51.1 Å². The van der Waals surface area contributed by atoms with Crippen LogP contribution < -0.4 is 19.8 Å². The summed E-state index contributed by atoms with van der Waals surface area (Å²) < 4.78 is 34.1. The Hall–Kier alpha value is -3.33. The zero-order valence-electron chi connectivity index (χ0n) is 22.7. The normalized spacial score (nSPS) is 20.2. The van der Waals surface area contributed by atoms with Gasteiger partial charge in [-0.3, -0.25) is 23.1 Å². The number of quaternary nitrogens is 3. The van der Waals surface area contributed by atoms with Crippen LogP contribution >= 0.6 is 0 Å². The lowest BCUT2D eigenvalue weighted by molar-refractivity contribution is -0.719. The van der Waals surface area contributed by atoms with E-state index < -0.39 is 16.4 Å². The molecule has 3 aliphatic rings. The molecule has 0 saturated carbocycles. The van der Waals surface area contributed by atoms with Crippen molar-refractivity contribution in [2.45, 2.75) is 40.0 Å². The number of hydrogen-bond donors (Lipinski definition) is 3. The first-order chi connectivity index (χ1) is 17.8. The molecule has 0 aromatic heterocycles. The van der Waals surface area contributed by atoms with Gasteiger partial charge in [0.05, 0.1) is 45.7 Å². The Kier molecular flexibility index (Phi) is 17.2. The van der Waals surface area contributed by atoms with Crippen LogP contribution in [0.15, 0.2) is 82.5 Å². The molecule has 0 saturated heterocycles. The van der Waals surface area contributed by atoms with Crippen molar-refractivity contribution >= 4 is 33.9 Å². The van der Waals surface area contributed by atoms with Crippen molar-refractivity contribution < 1.29 is 42.1 Å². The van der Waals surface area contributed by atoms with E-state index in [1.807, 2.05) is 37.2 Å². The summed E-state index contributed by atoms with van der Waals surface area (Å²) in [6.07, 6.45) is 14.9. The van der Waals surface area contributed by atoms with E-state index >= 15 is 0 Å². The van der Waals surface area contributed by atoms with Crippen LogP contribution in [0.4, 0.5) is 0 Å². The smallest absolute Gasteiger partial charge is 0.205 e. The van der Waals surface area contributed by atoms with Gasteiger partial charge in [-0.25, -0.2) is 15.0 Å². The molecule has 3 heterocycles. The van der Waals surface area contributed by atoms with Crippen LogP contribution in [0.2, 0.25) is 0 Å². The molecule has 38 heavy (non-hydrogen) atoms. The number of benzene rings is 1. The lowest BCUT2D eigenvalue weighted by atomic mass is 10.2. The second-order valence-electron chi connectivity index (χ2n) is 7.85. The van der Waals surface area contributed by atoms with Crippen molar-refractivity contribution in [2.24, 2.45) is 15.0 Å². The third kappa shape index (κ3) is 16.4. The highest BCUT2D eigenvalue weighted by molar-refractivity contribution is 7.79. The molecule has 13 heteroatoms. The quantitative estimate of drug-likeness (QED) is 0.292. The molecule has 3 aliphatic heterocycles. The summed E-state index contributed by atoms with van der Waals surface area (Å²) in [4.78, 5) is 26.4. The Balaban J connectivity index is 0.000000456. The molecule has 1 aromatic rings. The van der Waals surface area contributed by atoms with Crippen LogP contribution in [-0.4, -0.2) is 62.1 Å². The van der Waals surface area contributed by atoms with Gasteiger partial charge < -0.3 is 19.0 Å². The molecule has 12 nitrogen and oxygen atoms in total. The number of aromatic carboxylic acids is 1. The first-order valence-corrected chi connectivity index (χ1v) is 13.3. The highest BCUT2D eigenvalue weighted by Gasteiger charge is 2.10. The van der Waals surface area contributed by atoms with E-state index in [0.717, 1.165) is 19.3 Å². The lowest BCUT2D eigenvalue weighted by Gasteiger charge is -2.06. The van der Waals surface area contributed by atoms with Gasteiger partial charge in [0, 0.05) is 29.7 Å². The average molecular weight is 551 g/mol. The largest absolute Gasteiger partial charge is 0.759 e. The highest BCUT2D eigenvalue weighted by atomic mass is 32.3. The van der Waals surface area contributed by atoms with E-state index in [-0.39, 0.29) is 5.56 Å². The molecule has 0 bridgehead atoms. The fourth-order valence-corrected chi connectivity index (χ4v) is 3.00. The third-order valence-corrected chi connectivity index (χ3v) is 5.04. The number of carbonyl (C=O) groups is 1. The van der Waals surface area contributed by atoms with Gasteiger partial charge in [0.15, 0.2) is 0 Å².